The standard InChI is InChI=1S/C22H21N3O2S/c1-14-12-18(16(3)25(14)20-13-15(2)27-24-20)22(26)23-21(19-10-7-11-28-19)17-8-5-4-6-9-17/h4-13,21H,1-3H3,(H,23,26)/t21-/m1/s1. The number of hydrogen-bond acceptors (Lipinski definition) is 4. The summed E-state index contributed by atoms with van der Waals surface area (Å²) in [5.74, 6) is 1.31. The molecule has 142 valence electrons. The number of thiophene rings is 1. The van der Waals surface area contributed by atoms with E-state index in [0.29, 0.717) is 11.4 Å². The van der Waals surface area contributed by atoms with Crippen LogP contribution in [0.5, 0.6) is 0 Å². The van der Waals surface area contributed by atoms with E-state index in [-0.39, 0.29) is 11.9 Å². The number of aromatic nitrogens is 2. The Morgan fingerprint density at radius 2 is 1.89 bits per heavy atom. The van der Waals surface area contributed by atoms with Crippen LogP contribution in [0.15, 0.2) is 64.5 Å². The van der Waals surface area contributed by atoms with Crippen molar-refractivity contribution < 1.29 is 9.32 Å². The van der Waals surface area contributed by atoms with E-state index in [9.17, 15) is 4.79 Å². The van der Waals surface area contributed by atoms with E-state index in [2.05, 4.69) is 10.5 Å². The molecule has 5 nitrogen and oxygen atoms in total. The minimum absolute atomic E-state index is 0.109. The van der Waals surface area contributed by atoms with Gasteiger partial charge in [0.05, 0.1) is 11.6 Å². The highest BCUT2D eigenvalue weighted by Crippen LogP contribution is 2.27. The SMILES string of the molecule is Cc1cc(-n2c(C)cc(C(=O)N[C@H](c3ccccc3)c3cccs3)c2C)no1. The molecule has 0 saturated heterocycles. The minimum atomic E-state index is -0.189. The van der Waals surface area contributed by atoms with Crippen molar-refractivity contribution in [3.8, 4) is 5.82 Å². The number of amides is 1. The van der Waals surface area contributed by atoms with Crippen LogP contribution in [-0.2, 0) is 0 Å². The fourth-order valence-electron chi connectivity index (χ4n) is 3.43. The van der Waals surface area contributed by atoms with E-state index in [0.717, 1.165) is 27.6 Å². The number of carbonyl (C=O) groups excluding carboxylic acids is 1. The first-order valence-corrected chi connectivity index (χ1v) is 9.94. The van der Waals surface area contributed by atoms with E-state index in [4.69, 9.17) is 4.52 Å². The molecule has 1 amide bonds. The van der Waals surface area contributed by atoms with Crippen molar-refractivity contribution in [1.82, 2.24) is 15.0 Å². The van der Waals surface area contributed by atoms with Gasteiger partial charge in [-0.2, -0.15) is 0 Å². The highest BCUT2D eigenvalue weighted by atomic mass is 32.1. The van der Waals surface area contributed by atoms with Crippen LogP contribution in [-0.4, -0.2) is 15.6 Å². The zero-order valence-corrected chi connectivity index (χ0v) is 16.8. The molecule has 1 aromatic carbocycles. The van der Waals surface area contributed by atoms with Crippen molar-refractivity contribution >= 4 is 17.2 Å². The van der Waals surface area contributed by atoms with Gasteiger partial charge in [0.15, 0.2) is 5.82 Å². The van der Waals surface area contributed by atoms with Crippen molar-refractivity contribution in [1.29, 1.82) is 0 Å². The van der Waals surface area contributed by atoms with Crippen LogP contribution in [0.4, 0.5) is 0 Å². The van der Waals surface area contributed by atoms with Crippen LogP contribution in [0.1, 0.15) is 44.0 Å². The Labute approximate surface area is 167 Å². The first-order chi connectivity index (χ1) is 13.5. The summed E-state index contributed by atoms with van der Waals surface area (Å²) in [6, 6.07) is 17.6. The first kappa shape index (κ1) is 18.3. The maximum atomic E-state index is 13.2. The molecule has 1 atom stereocenters. The van der Waals surface area contributed by atoms with Gasteiger partial charge >= 0.3 is 0 Å². The zero-order chi connectivity index (χ0) is 19.7. The molecule has 0 bridgehead atoms. The van der Waals surface area contributed by atoms with Crippen molar-refractivity contribution in [2.75, 3.05) is 0 Å². The zero-order valence-electron chi connectivity index (χ0n) is 16.0. The highest BCUT2D eigenvalue weighted by Gasteiger charge is 2.23. The number of aryl methyl sites for hydroxylation is 2. The third kappa shape index (κ3) is 3.39. The lowest BCUT2D eigenvalue weighted by Crippen LogP contribution is -2.29. The molecule has 0 saturated carbocycles. The molecule has 3 heterocycles. The summed E-state index contributed by atoms with van der Waals surface area (Å²) in [4.78, 5) is 14.3. The van der Waals surface area contributed by atoms with Gasteiger partial charge < -0.3 is 9.84 Å². The average Bonchev–Trinajstić information content (AvgIpc) is 3.42. The summed E-state index contributed by atoms with van der Waals surface area (Å²) in [5.41, 5.74) is 3.46. The van der Waals surface area contributed by atoms with Crippen LogP contribution in [0.2, 0.25) is 0 Å². The quantitative estimate of drug-likeness (QED) is 0.522. The number of nitrogens with zero attached hydrogens (tertiary/aromatic N) is 2. The smallest absolute Gasteiger partial charge is 0.253 e. The third-order valence-corrected chi connectivity index (χ3v) is 5.69. The van der Waals surface area contributed by atoms with Crippen LogP contribution in [0.25, 0.3) is 5.82 Å². The molecule has 28 heavy (non-hydrogen) atoms. The van der Waals surface area contributed by atoms with Gasteiger partial charge in [-0.3, -0.25) is 9.36 Å². The lowest BCUT2D eigenvalue weighted by Gasteiger charge is -2.18. The molecular weight excluding hydrogens is 370 g/mol. The molecule has 1 N–H and O–H groups in total. The van der Waals surface area contributed by atoms with Gasteiger partial charge in [0.2, 0.25) is 0 Å². The van der Waals surface area contributed by atoms with E-state index < -0.39 is 0 Å². The Kier molecular flexibility index (Phi) is 4.88. The van der Waals surface area contributed by atoms with Gasteiger partial charge in [0.1, 0.15) is 5.76 Å². The lowest BCUT2D eigenvalue weighted by atomic mass is 10.0. The fraction of sp³-hybridized carbons (Fsp3) is 0.182. The molecule has 6 heteroatoms. The van der Waals surface area contributed by atoms with E-state index in [1.807, 2.05) is 85.3 Å². The number of carbonyl (C=O) groups is 1. The van der Waals surface area contributed by atoms with E-state index in [1.54, 1.807) is 11.3 Å². The van der Waals surface area contributed by atoms with Gasteiger partial charge in [-0.15, -0.1) is 11.3 Å². The number of benzene rings is 1. The highest BCUT2D eigenvalue weighted by molar-refractivity contribution is 7.10. The van der Waals surface area contributed by atoms with Crippen LogP contribution >= 0.6 is 11.3 Å². The third-order valence-electron chi connectivity index (χ3n) is 4.76. The average molecular weight is 391 g/mol. The molecule has 0 aliphatic carbocycles. The Morgan fingerprint density at radius 1 is 1.11 bits per heavy atom. The summed E-state index contributed by atoms with van der Waals surface area (Å²) in [6.07, 6.45) is 0. The van der Waals surface area contributed by atoms with Gasteiger partial charge in [-0.1, -0.05) is 41.6 Å². The van der Waals surface area contributed by atoms with Gasteiger partial charge in [-0.25, -0.2) is 0 Å². The predicted octanol–water partition coefficient (Wildman–Crippen LogP) is 4.97. The number of nitrogens with one attached hydrogen (secondary N) is 1. The lowest BCUT2D eigenvalue weighted by molar-refractivity contribution is 0.0943. The molecule has 0 aliphatic rings. The van der Waals surface area contributed by atoms with E-state index >= 15 is 0 Å². The van der Waals surface area contributed by atoms with Crippen molar-refractivity contribution in [2.45, 2.75) is 26.8 Å². The first-order valence-electron chi connectivity index (χ1n) is 9.06. The van der Waals surface area contributed by atoms with Gasteiger partial charge in [0, 0.05) is 22.3 Å². The monoisotopic (exact) mass is 391 g/mol. The predicted molar refractivity (Wildman–Crippen MR) is 110 cm³/mol. The Balaban J connectivity index is 1.67. The number of hydrogen-bond donors (Lipinski definition) is 1. The molecule has 0 fully saturated rings. The molecule has 4 rings (SSSR count). The second kappa shape index (κ2) is 7.48. The Hall–Kier alpha value is -3.12. The summed E-state index contributed by atoms with van der Waals surface area (Å²) in [5, 5.41) is 9.32. The number of rotatable bonds is 5. The second-order valence-electron chi connectivity index (χ2n) is 6.75. The molecule has 0 unspecified atom stereocenters. The van der Waals surface area contributed by atoms with Crippen molar-refractivity contribution in [2.24, 2.45) is 0 Å². The minimum Gasteiger partial charge on any atom is -0.360 e. The van der Waals surface area contributed by atoms with E-state index in [1.165, 1.54) is 0 Å². The van der Waals surface area contributed by atoms with Crippen molar-refractivity contribution in [3.05, 3.63) is 93.1 Å². The molecular formula is C22H21N3O2S. The molecule has 4 aromatic rings. The molecule has 0 spiro atoms. The van der Waals surface area contributed by atoms with Crippen molar-refractivity contribution in [3.63, 3.8) is 0 Å². The van der Waals surface area contributed by atoms with Crippen LogP contribution in [0.3, 0.4) is 0 Å². The largest absolute Gasteiger partial charge is 0.360 e. The van der Waals surface area contributed by atoms with Crippen LogP contribution in [0, 0.1) is 20.8 Å². The molecule has 3 aromatic heterocycles. The maximum Gasteiger partial charge on any atom is 0.253 e. The fourth-order valence-corrected chi connectivity index (χ4v) is 4.23. The van der Waals surface area contributed by atoms with Crippen LogP contribution < -0.4 is 5.32 Å². The Morgan fingerprint density at radius 3 is 2.54 bits per heavy atom. The maximum absolute atomic E-state index is 13.2. The summed E-state index contributed by atoms with van der Waals surface area (Å²) < 4.78 is 7.14. The Bertz CT molecular complexity index is 1090. The van der Waals surface area contributed by atoms with Gasteiger partial charge in [-0.05, 0) is 43.8 Å². The topological polar surface area (TPSA) is 60.1 Å². The molecule has 0 aliphatic heterocycles. The second-order valence-corrected chi connectivity index (χ2v) is 7.73. The normalized spacial score (nSPS) is 12.1. The summed E-state index contributed by atoms with van der Waals surface area (Å²) >= 11 is 1.63. The molecule has 0 radical (unpaired) electrons. The van der Waals surface area contributed by atoms with Gasteiger partial charge in [0.25, 0.3) is 5.91 Å². The summed E-state index contributed by atoms with van der Waals surface area (Å²) in [6.45, 7) is 5.74. The summed E-state index contributed by atoms with van der Waals surface area (Å²) in [7, 11) is 0.